The van der Waals surface area contributed by atoms with Gasteiger partial charge in [-0.2, -0.15) is 23.2 Å². The average molecular weight is 1030 g/mol. The number of carbonyl (C=O) groups is 1. The second-order valence-electron chi connectivity index (χ2n) is 20.6. The molecule has 0 aromatic carbocycles. The molecule has 6 heterocycles. The van der Waals surface area contributed by atoms with E-state index in [0.29, 0.717) is 28.3 Å². The molecule has 0 aromatic heterocycles. The summed E-state index contributed by atoms with van der Waals surface area (Å²) in [7, 11) is -1.50. The number of esters is 1. The van der Waals surface area contributed by atoms with Crippen LogP contribution in [0.3, 0.4) is 0 Å². The molecule has 20 heteroatoms. The van der Waals surface area contributed by atoms with Gasteiger partial charge in [-0.15, -0.1) is 0 Å². The predicted molar refractivity (Wildman–Crippen MR) is 258 cm³/mol. The van der Waals surface area contributed by atoms with E-state index in [-0.39, 0.29) is 49.7 Å². The number of aliphatic hydroxyl groups is 2. The first kappa shape index (κ1) is 56.3. The standard InChI is InChI=1S/C52H75N3O16S/c1-11-29(2)46-32(5)17-18-51(70-46)27-38-24-37(69-51)16-15-31(4)45(30(3)13-12-14-36-28-63-49-44(56)33(6)23-39(50(57)66-38)52(36,49)58)67-42-25-40(61-9)47(34(7)64-42)68-43-26-41(62-10)48(35(8)65-43)71-72(59,60)55(21-19-53)22-20-54/h12-15,17-18,23,29-30,32,34-35,37-49,56,58H,11,16,21-22,24-28H2,1-10H3/b13-12+,31-15+,36-14+/t29?,30-,32-,34-,35-,37+,38-,39-,40-,41-,42-,43-,44+,45-,46+,47-,48-,49+,51+,52+/m0/s1. The van der Waals surface area contributed by atoms with Gasteiger partial charge in [-0.05, 0) is 62.8 Å². The number of nitrogens with zero attached hydrogens (tertiary/aromatic N) is 3. The van der Waals surface area contributed by atoms with Crippen molar-refractivity contribution in [2.45, 2.75) is 191 Å². The van der Waals surface area contributed by atoms with Gasteiger partial charge >= 0.3 is 16.3 Å². The van der Waals surface area contributed by atoms with Gasteiger partial charge in [0.1, 0.15) is 55.1 Å². The molecule has 6 aliphatic heterocycles. The molecular formula is C52H75N3O16S. The summed E-state index contributed by atoms with van der Waals surface area (Å²) in [5.74, 6) is -2.82. The van der Waals surface area contributed by atoms with Gasteiger partial charge in [0.2, 0.25) is 0 Å². The van der Waals surface area contributed by atoms with Crippen molar-refractivity contribution in [1.82, 2.24) is 4.31 Å². The Morgan fingerprint density at radius 2 is 1.56 bits per heavy atom. The van der Waals surface area contributed by atoms with Crippen molar-refractivity contribution in [2.24, 2.45) is 23.7 Å². The SMILES string of the molecule is CCC(C)[C@H]1O[C@]2(C=C[C@@H]1C)C[C@@H]1C[C@@H](C/C=C(\C)[C@@H](O[C@H]3C[C@H](OC)[C@@H](O[C@H]4C[C@H](OC)[C@@H](OS(=O)(=O)N(CC#N)CC#N)[C@H](C)O4)[C@H](C)O3)[C@@H](C)/C=C/C=C3\CO[C@@H]4[C@H](O)C(C)=C[C@@H](C(=O)O1)[C@]34O)O2. The first-order valence-corrected chi connectivity index (χ1v) is 26.7. The van der Waals surface area contributed by atoms with E-state index in [1.165, 1.54) is 7.11 Å². The largest absolute Gasteiger partial charge is 0.462 e. The van der Waals surface area contributed by atoms with Gasteiger partial charge in [-0.1, -0.05) is 70.6 Å². The predicted octanol–water partition coefficient (Wildman–Crippen LogP) is 5.00. The lowest BCUT2D eigenvalue weighted by molar-refractivity contribution is -0.317. The molecule has 2 N–H and O–H groups in total. The Kier molecular flexibility index (Phi) is 18.5. The van der Waals surface area contributed by atoms with Gasteiger partial charge in [0.25, 0.3) is 0 Å². The molecule has 0 amide bonds. The molecule has 19 nitrogen and oxygen atoms in total. The number of ether oxygens (including phenoxy) is 10. The van der Waals surface area contributed by atoms with Crippen LogP contribution in [0.4, 0.5) is 0 Å². The average Bonchev–Trinajstić information content (AvgIpc) is 3.68. The minimum absolute atomic E-state index is 0.00887. The minimum Gasteiger partial charge on any atom is -0.462 e. The van der Waals surface area contributed by atoms with E-state index < -0.39 is 126 Å². The van der Waals surface area contributed by atoms with Crippen LogP contribution in [0.5, 0.6) is 0 Å². The summed E-state index contributed by atoms with van der Waals surface area (Å²) in [6, 6.07) is 3.48. The quantitative estimate of drug-likeness (QED) is 0.140. The molecule has 4 saturated heterocycles. The first-order valence-electron chi connectivity index (χ1n) is 25.3. The lowest BCUT2D eigenvalue weighted by Gasteiger charge is -2.48. The fraction of sp³-hybridized carbons (Fsp3) is 0.750. The fourth-order valence-electron chi connectivity index (χ4n) is 11.3. The second-order valence-corrected chi connectivity index (χ2v) is 22.1. The summed E-state index contributed by atoms with van der Waals surface area (Å²) in [5, 5.41) is 42.1. The van der Waals surface area contributed by atoms with Crippen molar-refractivity contribution >= 4 is 16.3 Å². The van der Waals surface area contributed by atoms with Crippen LogP contribution in [0.2, 0.25) is 0 Å². The molecule has 2 bridgehead atoms. The maximum Gasteiger partial charge on any atom is 0.340 e. The number of carbonyl (C=O) groups excluding carboxylic acids is 1. The zero-order chi connectivity index (χ0) is 52.3. The van der Waals surface area contributed by atoms with Crippen LogP contribution >= 0.6 is 0 Å². The highest BCUT2D eigenvalue weighted by Crippen LogP contribution is 2.47. The van der Waals surface area contributed by atoms with Gasteiger partial charge in [0.15, 0.2) is 18.4 Å². The highest BCUT2D eigenvalue weighted by Gasteiger charge is 2.60. The van der Waals surface area contributed by atoms with E-state index in [2.05, 4.69) is 32.9 Å². The van der Waals surface area contributed by atoms with E-state index in [0.717, 1.165) is 12.0 Å². The van der Waals surface area contributed by atoms with Gasteiger partial charge in [0.05, 0.1) is 61.5 Å². The smallest absolute Gasteiger partial charge is 0.340 e. The van der Waals surface area contributed by atoms with Crippen molar-refractivity contribution < 1.29 is 75.0 Å². The van der Waals surface area contributed by atoms with E-state index in [1.54, 1.807) is 45.2 Å². The zero-order valence-electron chi connectivity index (χ0n) is 43.2. The molecule has 0 radical (unpaired) electrons. The molecule has 7 aliphatic rings. The lowest BCUT2D eigenvalue weighted by Crippen LogP contribution is -2.58. The number of hydrogen-bond donors (Lipinski definition) is 2. The molecule has 7 rings (SSSR count). The van der Waals surface area contributed by atoms with Gasteiger partial charge in [0, 0.05) is 51.7 Å². The van der Waals surface area contributed by atoms with Crippen LogP contribution in [0.15, 0.2) is 59.3 Å². The number of nitriles is 2. The molecule has 400 valence electrons. The third kappa shape index (κ3) is 12.0. The lowest BCUT2D eigenvalue weighted by atomic mass is 9.71. The maximum atomic E-state index is 14.4. The number of rotatable bonds is 13. The van der Waals surface area contributed by atoms with Crippen molar-refractivity contribution in [3.63, 3.8) is 0 Å². The van der Waals surface area contributed by atoms with Crippen molar-refractivity contribution in [2.75, 3.05) is 33.9 Å². The summed E-state index contributed by atoms with van der Waals surface area (Å²) < 4.78 is 96.4. The molecular weight excluding hydrogens is 955 g/mol. The van der Waals surface area contributed by atoms with Crippen LogP contribution < -0.4 is 0 Å². The first-order chi connectivity index (χ1) is 34.2. The van der Waals surface area contributed by atoms with E-state index in [9.17, 15) is 23.4 Å². The Labute approximate surface area is 424 Å². The summed E-state index contributed by atoms with van der Waals surface area (Å²) >= 11 is 0. The summed E-state index contributed by atoms with van der Waals surface area (Å²) in [4.78, 5) is 14.4. The van der Waals surface area contributed by atoms with E-state index in [4.69, 9.17) is 62.1 Å². The van der Waals surface area contributed by atoms with Crippen LogP contribution in [0, 0.1) is 46.3 Å². The number of aliphatic hydroxyl groups excluding tert-OH is 1. The molecule has 72 heavy (non-hydrogen) atoms. The van der Waals surface area contributed by atoms with E-state index >= 15 is 0 Å². The molecule has 20 atom stereocenters. The molecule has 4 fully saturated rings. The molecule has 1 aliphatic carbocycles. The summed E-state index contributed by atoms with van der Waals surface area (Å²) in [6.07, 6.45) is 5.50. The highest BCUT2D eigenvalue weighted by atomic mass is 32.2. The van der Waals surface area contributed by atoms with Crippen LogP contribution in [0.1, 0.15) is 93.9 Å². The molecule has 0 saturated carbocycles. The zero-order valence-corrected chi connectivity index (χ0v) is 44.0. The summed E-state index contributed by atoms with van der Waals surface area (Å²) in [6.45, 7) is 14.5. The highest BCUT2D eigenvalue weighted by molar-refractivity contribution is 7.84. The topological polar surface area (TPSA) is 244 Å². The number of fused-ring (bicyclic) bond motifs is 2. The Bertz CT molecular complexity index is 2260. The van der Waals surface area contributed by atoms with Crippen molar-refractivity contribution in [3.8, 4) is 12.1 Å². The Morgan fingerprint density at radius 3 is 2.21 bits per heavy atom. The van der Waals surface area contributed by atoms with Crippen LogP contribution in [-0.2, 0) is 66.7 Å². The number of allylic oxidation sites excluding steroid dienone is 2. The third-order valence-electron chi connectivity index (χ3n) is 15.5. The van der Waals surface area contributed by atoms with Gasteiger partial charge < -0.3 is 57.6 Å². The van der Waals surface area contributed by atoms with Crippen LogP contribution in [-0.4, -0.2) is 160 Å². The van der Waals surface area contributed by atoms with Gasteiger partial charge in [-0.25, -0.2) is 4.18 Å². The number of methoxy groups -OCH3 is 2. The Hall–Kier alpha value is -3.42. The fourth-order valence-corrected chi connectivity index (χ4v) is 12.4. The Balaban J connectivity index is 1.12. The normalized spacial score (nSPS) is 44.0. The molecule has 1 unspecified atom stereocenters. The van der Waals surface area contributed by atoms with Crippen molar-refractivity contribution in [1.29, 1.82) is 10.5 Å². The van der Waals surface area contributed by atoms with Gasteiger partial charge in [-0.3, -0.25) is 4.79 Å². The second kappa shape index (κ2) is 23.6. The van der Waals surface area contributed by atoms with E-state index in [1.807, 2.05) is 39.0 Å². The molecule has 0 aromatic rings. The number of hydrogen-bond acceptors (Lipinski definition) is 18. The monoisotopic (exact) mass is 1030 g/mol. The minimum atomic E-state index is -4.50. The third-order valence-corrected chi connectivity index (χ3v) is 16.9. The Morgan fingerprint density at radius 1 is 0.903 bits per heavy atom. The summed E-state index contributed by atoms with van der Waals surface area (Å²) in [5.41, 5.74) is -0.0429. The van der Waals surface area contributed by atoms with Crippen LogP contribution in [0.25, 0.3) is 0 Å². The maximum absolute atomic E-state index is 14.4. The van der Waals surface area contributed by atoms with Crippen molar-refractivity contribution in [3.05, 3.63) is 59.3 Å². The molecule has 1 spiro atoms.